The fraction of sp³-hybridized carbons (Fsp3) is 0.200. The van der Waals surface area contributed by atoms with Crippen molar-refractivity contribution in [2.45, 2.75) is 13.5 Å². The van der Waals surface area contributed by atoms with Gasteiger partial charge in [-0.25, -0.2) is 0 Å². The summed E-state index contributed by atoms with van der Waals surface area (Å²) in [6, 6.07) is 14.2. The van der Waals surface area contributed by atoms with E-state index in [9.17, 15) is 0 Å². The van der Waals surface area contributed by atoms with Gasteiger partial charge in [-0.2, -0.15) is 0 Å². The topological polar surface area (TPSA) is 35.2 Å². The molecule has 0 saturated carbocycles. The zero-order valence-corrected chi connectivity index (χ0v) is 10.2. The third kappa shape index (κ3) is 2.17. The van der Waals surface area contributed by atoms with Gasteiger partial charge in [0.1, 0.15) is 5.75 Å². The van der Waals surface area contributed by atoms with Crippen molar-refractivity contribution in [3.05, 3.63) is 53.6 Å². The molecule has 88 valence electrons. The highest BCUT2D eigenvalue weighted by Gasteiger charge is 2.09. The van der Waals surface area contributed by atoms with Crippen molar-refractivity contribution in [1.29, 1.82) is 0 Å². The summed E-state index contributed by atoms with van der Waals surface area (Å²) in [5.41, 5.74) is 10.4. The molecule has 0 unspecified atom stereocenters. The largest absolute Gasteiger partial charge is 0.496 e. The van der Waals surface area contributed by atoms with Crippen molar-refractivity contribution in [2.75, 3.05) is 7.11 Å². The molecule has 0 aliphatic carbocycles. The highest BCUT2D eigenvalue weighted by molar-refractivity contribution is 5.74. The van der Waals surface area contributed by atoms with Crippen molar-refractivity contribution in [3.8, 4) is 16.9 Å². The molecule has 0 heterocycles. The normalized spacial score (nSPS) is 10.3. The number of rotatable bonds is 3. The Balaban J connectivity index is 2.60. The summed E-state index contributed by atoms with van der Waals surface area (Å²) in [7, 11) is 1.70. The van der Waals surface area contributed by atoms with Crippen LogP contribution in [0.15, 0.2) is 42.5 Å². The SMILES string of the molecule is COc1ccccc1-c1cccc(CN)c1C. The third-order valence-corrected chi connectivity index (χ3v) is 3.06. The van der Waals surface area contributed by atoms with E-state index < -0.39 is 0 Å². The van der Waals surface area contributed by atoms with Gasteiger partial charge in [0.2, 0.25) is 0 Å². The van der Waals surface area contributed by atoms with Crippen LogP contribution in [0.1, 0.15) is 11.1 Å². The molecule has 0 saturated heterocycles. The van der Waals surface area contributed by atoms with Crippen LogP contribution in [0.2, 0.25) is 0 Å². The fourth-order valence-corrected chi connectivity index (χ4v) is 2.06. The molecule has 0 atom stereocenters. The Labute approximate surface area is 102 Å². The monoisotopic (exact) mass is 227 g/mol. The van der Waals surface area contributed by atoms with E-state index in [0.29, 0.717) is 6.54 Å². The maximum absolute atomic E-state index is 5.74. The van der Waals surface area contributed by atoms with Gasteiger partial charge in [0.05, 0.1) is 7.11 Å². The minimum absolute atomic E-state index is 0.564. The quantitative estimate of drug-likeness (QED) is 0.874. The Morgan fingerprint density at radius 2 is 1.71 bits per heavy atom. The Morgan fingerprint density at radius 3 is 2.41 bits per heavy atom. The Hall–Kier alpha value is -1.80. The third-order valence-electron chi connectivity index (χ3n) is 3.06. The lowest BCUT2D eigenvalue weighted by Gasteiger charge is -2.13. The second-order valence-corrected chi connectivity index (χ2v) is 3.99. The predicted molar refractivity (Wildman–Crippen MR) is 71.1 cm³/mol. The minimum atomic E-state index is 0.564. The second kappa shape index (κ2) is 5.02. The van der Waals surface area contributed by atoms with Gasteiger partial charge in [0, 0.05) is 12.1 Å². The van der Waals surface area contributed by atoms with Gasteiger partial charge < -0.3 is 10.5 Å². The van der Waals surface area contributed by atoms with E-state index >= 15 is 0 Å². The fourth-order valence-electron chi connectivity index (χ4n) is 2.06. The number of hydrogen-bond donors (Lipinski definition) is 1. The van der Waals surface area contributed by atoms with Gasteiger partial charge in [-0.05, 0) is 29.7 Å². The summed E-state index contributed by atoms with van der Waals surface area (Å²) in [5.74, 6) is 0.893. The first kappa shape index (κ1) is 11.7. The van der Waals surface area contributed by atoms with Gasteiger partial charge >= 0.3 is 0 Å². The molecule has 2 N–H and O–H groups in total. The lowest BCUT2D eigenvalue weighted by Crippen LogP contribution is -2.00. The molecule has 0 fully saturated rings. The van der Waals surface area contributed by atoms with Crippen LogP contribution < -0.4 is 10.5 Å². The molecule has 0 radical (unpaired) electrons. The molecule has 2 aromatic rings. The lowest BCUT2D eigenvalue weighted by molar-refractivity contribution is 0.416. The molecular formula is C15H17NO. The van der Waals surface area contributed by atoms with Gasteiger partial charge in [-0.1, -0.05) is 36.4 Å². The van der Waals surface area contributed by atoms with Gasteiger partial charge in [0.15, 0.2) is 0 Å². The zero-order chi connectivity index (χ0) is 12.3. The molecule has 17 heavy (non-hydrogen) atoms. The van der Waals surface area contributed by atoms with Crippen molar-refractivity contribution >= 4 is 0 Å². The van der Waals surface area contributed by atoms with E-state index in [2.05, 4.69) is 25.1 Å². The van der Waals surface area contributed by atoms with Crippen LogP contribution in [0.4, 0.5) is 0 Å². The smallest absolute Gasteiger partial charge is 0.126 e. The standard InChI is InChI=1S/C15H17NO/c1-11-12(10-16)6-5-8-13(11)14-7-3-4-9-15(14)17-2/h3-9H,10,16H2,1-2H3. The number of para-hydroxylation sites is 1. The van der Waals surface area contributed by atoms with E-state index in [1.165, 1.54) is 16.7 Å². The summed E-state index contributed by atoms with van der Waals surface area (Å²) in [6.07, 6.45) is 0. The number of benzene rings is 2. The van der Waals surface area contributed by atoms with Crippen LogP contribution >= 0.6 is 0 Å². The van der Waals surface area contributed by atoms with E-state index in [-0.39, 0.29) is 0 Å². The Kier molecular flexibility index (Phi) is 3.45. The van der Waals surface area contributed by atoms with Crippen LogP contribution in [-0.4, -0.2) is 7.11 Å². The average Bonchev–Trinajstić information content (AvgIpc) is 2.39. The highest BCUT2D eigenvalue weighted by Crippen LogP contribution is 2.32. The highest BCUT2D eigenvalue weighted by atomic mass is 16.5. The molecule has 0 bridgehead atoms. The first-order chi connectivity index (χ1) is 8.27. The summed E-state index contributed by atoms with van der Waals surface area (Å²) >= 11 is 0. The molecule has 2 aromatic carbocycles. The van der Waals surface area contributed by atoms with Gasteiger partial charge in [-0.15, -0.1) is 0 Å². The van der Waals surface area contributed by atoms with Crippen LogP contribution in [0.3, 0.4) is 0 Å². The number of hydrogen-bond acceptors (Lipinski definition) is 2. The molecule has 0 aliphatic rings. The van der Waals surface area contributed by atoms with Crippen LogP contribution in [0, 0.1) is 6.92 Å². The molecule has 2 heteroatoms. The number of methoxy groups -OCH3 is 1. The van der Waals surface area contributed by atoms with Crippen molar-refractivity contribution < 1.29 is 4.74 Å². The van der Waals surface area contributed by atoms with Crippen LogP contribution in [0.5, 0.6) is 5.75 Å². The molecule has 0 spiro atoms. The molecule has 2 rings (SSSR count). The molecule has 0 amide bonds. The van der Waals surface area contributed by atoms with E-state index in [4.69, 9.17) is 10.5 Å². The number of nitrogens with two attached hydrogens (primary N) is 1. The van der Waals surface area contributed by atoms with Crippen molar-refractivity contribution in [3.63, 3.8) is 0 Å². The van der Waals surface area contributed by atoms with Crippen LogP contribution in [0.25, 0.3) is 11.1 Å². The first-order valence-corrected chi connectivity index (χ1v) is 5.70. The van der Waals surface area contributed by atoms with Gasteiger partial charge in [-0.3, -0.25) is 0 Å². The molecule has 0 aliphatic heterocycles. The molecule has 2 nitrogen and oxygen atoms in total. The van der Waals surface area contributed by atoms with Crippen molar-refractivity contribution in [2.24, 2.45) is 5.73 Å². The second-order valence-electron chi connectivity index (χ2n) is 3.99. The number of ether oxygens (including phenoxy) is 1. The lowest BCUT2D eigenvalue weighted by atomic mass is 9.96. The van der Waals surface area contributed by atoms with E-state index in [1.54, 1.807) is 7.11 Å². The summed E-state index contributed by atoms with van der Waals surface area (Å²) in [6.45, 7) is 2.67. The maximum atomic E-state index is 5.74. The van der Waals surface area contributed by atoms with Crippen LogP contribution in [-0.2, 0) is 6.54 Å². The summed E-state index contributed by atoms with van der Waals surface area (Å²) in [5, 5.41) is 0. The van der Waals surface area contributed by atoms with E-state index in [1.807, 2.05) is 24.3 Å². The van der Waals surface area contributed by atoms with Gasteiger partial charge in [0.25, 0.3) is 0 Å². The predicted octanol–water partition coefficient (Wildman–Crippen LogP) is 3.13. The summed E-state index contributed by atoms with van der Waals surface area (Å²) in [4.78, 5) is 0. The van der Waals surface area contributed by atoms with E-state index in [0.717, 1.165) is 11.3 Å². The molecular weight excluding hydrogens is 210 g/mol. The Morgan fingerprint density at radius 1 is 1.00 bits per heavy atom. The Bertz CT molecular complexity index is 520. The van der Waals surface area contributed by atoms with Crippen molar-refractivity contribution in [1.82, 2.24) is 0 Å². The minimum Gasteiger partial charge on any atom is -0.496 e. The summed E-state index contributed by atoms with van der Waals surface area (Å²) < 4.78 is 5.40. The maximum Gasteiger partial charge on any atom is 0.126 e. The first-order valence-electron chi connectivity index (χ1n) is 5.70. The average molecular weight is 227 g/mol. The zero-order valence-electron chi connectivity index (χ0n) is 10.2. The molecule has 0 aromatic heterocycles.